The highest BCUT2D eigenvalue weighted by atomic mass is 79.9. The maximum absolute atomic E-state index is 11.8. The molecule has 0 atom stereocenters. The summed E-state index contributed by atoms with van der Waals surface area (Å²) < 4.78 is 0.977. The van der Waals surface area contributed by atoms with E-state index >= 15 is 0 Å². The topological polar surface area (TPSA) is 55.1 Å². The quantitative estimate of drug-likeness (QED) is 0.852. The fourth-order valence-electron chi connectivity index (χ4n) is 1.78. The van der Waals surface area contributed by atoms with E-state index in [9.17, 15) is 4.79 Å². The second-order valence-corrected chi connectivity index (χ2v) is 5.20. The van der Waals surface area contributed by atoms with Crippen molar-refractivity contribution in [3.8, 4) is 0 Å². The van der Waals surface area contributed by atoms with Crippen LogP contribution in [-0.4, -0.2) is 5.91 Å². The number of halogens is 1. The van der Waals surface area contributed by atoms with Crippen molar-refractivity contribution in [3.05, 3.63) is 64.1 Å². The summed E-state index contributed by atoms with van der Waals surface area (Å²) in [5.41, 5.74) is 8.44. The van der Waals surface area contributed by atoms with Gasteiger partial charge in [-0.15, -0.1) is 0 Å². The minimum absolute atomic E-state index is 0.0126. The van der Waals surface area contributed by atoms with E-state index in [4.69, 9.17) is 5.73 Å². The Balaban J connectivity index is 1.90. The van der Waals surface area contributed by atoms with Gasteiger partial charge in [-0.05, 0) is 29.3 Å². The lowest BCUT2D eigenvalue weighted by Gasteiger charge is -2.08. The molecule has 0 saturated carbocycles. The Labute approximate surface area is 121 Å². The van der Waals surface area contributed by atoms with Crippen LogP contribution in [0, 0.1) is 0 Å². The molecule has 0 fully saturated rings. The van der Waals surface area contributed by atoms with E-state index in [1.54, 1.807) is 0 Å². The standard InChI is InChI=1S/C15H15BrN2O/c16-13-6-3-4-11(8-13)9-15(19)18-10-12-5-1-2-7-14(12)17/h1-8H,9-10,17H2,(H,18,19). The molecule has 3 N–H and O–H groups in total. The molecule has 0 aliphatic heterocycles. The maximum atomic E-state index is 11.8. The number of anilines is 1. The minimum Gasteiger partial charge on any atom is -0.398 e. The van der Waals surface area contributed by atoms with Crippen LogP contribution >= 0.6 is 15.9 Å². The van der Waals surface area contributed by atoms with Crippen molar-refractivity contribution < 1.29 is 4.79 Å². The third-order valence-electron chi connectivity index (χ3n) is 2.78. The van der Waals surface area contributed by atoms with Gasteiger partial charge in [0.05, 0.1) is 6.42 Å². The highest BCUT2D eigenvalue weighted by Gasteiger charge is 2.04. The van der Waals surface area contributed by atoms with Crippen molar-refractivity contribution in [1.29, 1.82) is 0 Å². The molecule has 0 aromatic heterocycles. The number of amides is 1. The molecular weight excluding hydrogens is 304 g/mol. The second kappa shape index (κ2) is 6.38. The van der Waals surface area contributed by atoms with Crippen LogP contribution in [-0.2, 0) is 17.8 Å². The summed E-state index contributed by atoms with van der Waals surface area (Å²) in [5.74, 6) is -0.0126. The van der Waals surface area contributed by atoms with E-state index in [-0.39, 0.29) is 5.91 Å². The van der Waals surface area contributed by atoms with Crippen molar-refractivity contribution >= 4 is 27.5 Å². The molecule has 2 aromatic carbocycles. The number of nitrogens with one attached hydrogen (secondary N) is 1. The summed E-state index contributed by atoms with van der Waals surface area (Å²) in [4.78, 5) is 11.8. The predicted octanol–water partition coefficient (Wildman–Crippen LogP) is 2.89. The molecule has 0 bridgehead atoms. The normalized spacial score (nSPS) is 10.2. The van der Waals surface area contributed by atoms with E-state index in [0.717, 1.165) is 15.6 Å². The van der Waals surface area contributed by atoms with Crippen molar-refractivity contribution in [2.24, 2.45) is 0 Å². The zero-order valence-corrected chi connectivity index (χ0v) is 12.0. The first-order valence-electron chi connectivity index (χ1n) is 5.99. The van der Waals surface area contributed by atoms with E-state index in [0.29, 0.717) is 18.7 Å². The van der Waals surface area contributed by atoms with Gasteiger partial charge in [-0.2, -0.15) is 0 Å². The molecule has 1 amide bonds. The first-order valence-corrected chi connectivity index (χ1v) is 6.79. The Morgan fingerprint density at radius 3 is 2.68 bits per heavy atom. The lowest BCUT2D eigenvalue weighted by atomic mass is 10.1. The smallest absolute Gasteiger partial charge is 0.224 e. The summed E-state index contributed by atoms with van der Waals surface area (Å²) in [6.07, 6.45) is 0.367. The summed E-state index contributed by atoms with van der Waals surface area (Å²) in [5, 5.41) is 2.87. The van der Waals surface area contributed by atoms with Crippen molar-refractivity contribution in [1.82, 2.24) is 5.32 Å². The van der Waals surface area contributed by atoms with Crippen LogP contribution in [0.1, 0.15) is 11.1 Å². The molecule has 98 valence electrons. The lowest BCUT2D eigenvalue weighted by Crippen LogP contribution is -2.24. The van der Waals surface area contributed by atoms with Crippen LogP contribution in [0.25, 0.3) is 0 Å². The number of nitrogens with two attached hydrogens (primary N) is 1. The van der Waals surface area contributed by atoms with Gasteiger partial charge in [-0.3, -0.25) is 4.79 Å². The van der Waals surface area contributed by atoms with Gasteiger partial charge in [-0.25, -0.2) is 0 Å². The number of hydrogen-bond donors (Lipinski definition) is 2. The van der Waals surface area contributed by atoms with E-state index < -0.39 is 0 Å². The Hall–Kier alpha value is -1.81. The molecule has 0 heterocycles. The Morgan fingerprint density at radius 1 is 1.16 bits per heavy atom. The number of benzene rings is 2. The number of hydrogen-bond acceptors (Lipinski definition) is 2. The molecule has 0 aliphatic rings. The number of carbonyl (C=O) groups is 1. The average Bonchev–Trinajstić information content (AvgIpc) is 2.38. The highest BCUT2D eigenvalue weighted by molar-refractivity contribution is 9.10. The molecular formula is C15H15BrN2O. The molecule has 0 aliphatic carbocycles. The Morgan fingerprint density at radius 2 is 1.95 bits per heavy atom. The molecule has 4 heteroatoms. The molecule has 2 rings (SSSR count). The fraction of sp³-hybridized carbons (Fsp3) is 0.133. The van der Waals surface area contributed by atoms with Crippen molar-refractivity contribution in [2.45, 2.75) is 13.0 Å². The Kier molecular flexibility index (Phi) is 4.58. The van der Waals surface area contributed by atoms with Crippen LogP contribution in [0.2, 0.25) is 0 Å². The summed E-state index contributed by atoms with van der Waals surface area (Å²) >= 11 is 3.39. The van der Waals surface area contributed by atoms with E-state index in [1.165, 1.54) is 0 Å². The van der Waals surface area contributed by atoms with Crippen LogP contribution in [0.5, 0.6) is 0 Å². The molecule has 0 saturated heterocycles. The third-order valence-corrected chi connectivity index (χ3v) is 3.28. The lowest BCUT2D eigenvalue weighted by molar-refractivity contribution is -0.120. The van der Waals surface area contributed by atoms with Gasteiger partial charge in [-0.1, -0.05) is 46.3 Å². The summed E-state index contributed by atoms with van der Waals surface area (Å²) in [6.45, 7) is 0.458. The van der Waals surface area contributed by atoms with Gasteiger partial charge < -0.3 is 11.1 Å². The molecule has 0 radical (unpaired) electrons. The van der Waals surface area contributed by atoms with Gasteiger partial charge in [0.1, 0.15) is 0 Å². The van der Waals surface area contributed by atoms with Crippen LogP contribution < -0.4 is 11.1 Å². The fourth-order valence-corrected chi connectivity index (χ4v) is 2.23. The largest absolute Gasteiger partial charge is 0.398 e. The minimum atomic E-state index is -0.0126. The number of nitrogen functional groups attached to an aromatic ring is 1. The zero-order valence-electron chi connectivity index (χ0n) is 10.4. The van der Waals surface area contributed by atoms with Crippen LogP contribution in [0.4, 0.5) is 5.69 Å². The van der Waals surface area contributed by atoms with Crippen molar-refractivity contribution in [3.63, 3.8) is 0 Å². The second-order valence-electron chi connectivity index (χ2n) is 4.28. The number of para-hydroxylation sites is 1. The van der Waals surface area contributed by atoms with E-state index in [1.807, 2.05) is 48.5 Å². The van der Waals surface area contributed by atoms with Gasteiger partial charge in [0.2, 0.25) is 5.91 Å². The number of carbonyl (C=O) groups excluding carboxylic acids is 1. The monoisotopic (exact) mass is 318 g/mol. The predicted molar refractivity (Wildman–Crippen MR) is 80.5 cm³/mol. The van der Waals surface area contributed by atoms with E-state index in [2.05, 4.69) is 21.2 Å². The number of rotatable bonds is 4. The van der Waals surface area contributed by atoms with Gasteiger partial charge >= 0.3 is 0 Å². The van der Waals surface area contributed by atoms with Gasteiger partial charge in [0, 0.05) is 16.7 Å². The SMILES string of the molecule is Nc1ccccc1CNC(=O)Cc1cccc(Br)c1. The molecule has 19 heavy (non-hydrogen) atoms. The molecule has 2 aromatic rings. The van der Waals surface area contributed by atoms with Crippen LogP contribution in [0.3, 0.4) is 0 Å². The summed E-state index contributed by atoms with van der Waals surface area (Å²) in [7, 11) is 0. The first-order chi connectivity index (χ1) is 9.15. The first kappa shape index (κ1) is 13.6. The molecule has 0 spiro atoms. The van der Waals surface area contributed by atoms with Gasteiger partial charge in [0.25, 0.3) is 0 Å². The third kappa shape index (κ3) is 4.10. The average molecular weight is 319 g/mol. The van der Waals surface area contributed by atoms with Crippen molar-refractivity contribution in [2.75, 3.05) is 5.73 Å². The Bertz CT molecular complexity index is 584. The van der Waals surface area contributed by atoms with Crippen LogP contribution in [0.15, 0.2) is 53.0 Å². The highest BCUT2D eigenvalue weighted by Crippen LogP contribution is 2.12. The van der Waals surface area contributed by atoms with Gasteiger partial charge in [0.15, 0.2) is 0 Å². The maximum Gasteiger partial charge on any atom is 0.224 e. The molecule has 3 nitrogen and oxygen atoms in total. The zero-order chi connectivity index (χ0) is 13.7. The summed E-state index contributed by atoms with van der Waals surface area (Å²) in [6, 6.07) is 15.3. The molecule has 0 unspecified atom stereocenters.